The Kier molecular flexibility index (Phi) is 3.93. The molecule has 0 bridgehead atoms. The summed E-state index contributed by atoms with van der Waals surface area (Å²) in [6.07, 6.45) is 0. The molecule has 0 fully saturated rings. The molecule has 1 N–H and O–H groups in total. The van der Waals surface area contributed by atoms with Crippen molar-refractivity contribution in [2.24, 2.45) is 0 Å². The van der Waals surface area contributed by atoms with E-state index in [2.05, 4.69) is 15.0 Å². The van der Waals surface area contributed by atoms with Crippen LogP contribution in [-0.4, -0.2) is 24.1 Å². The van der Waals surface area contributed by atoms with Gasteiger partial charge in [-0.15, -0.1) is 11.3 Å². The first kappa shape index (κ1) is 13.0. The van der Waals surface area contributed by atoms with Crippen LogP contribution in [0.25, 0.3) is 10.2 Å². The number of nitrogens with zero attached hydrogens (tertiary/aromatic N) is 1. The Morgan fingerprint density at radius 1 is 1.39 bits per heavy atom. The summed E-state index contributed by atoms with van der Waals surface area (Å²) in [5.41, 5.74) is 0.997. The molecule has 0 saturated heterocycles. The summed E-state index contributed by atoms with van der Waals surface area (Å²) in [5.74, 6) is -0.261. The monoisotopic (exact) mass is 264 g/mol. The van der Waals surface area contributed by atoms with Crippen molar-refractivity contribution in [1.82, 2.24) is 10.3 Å². The molecule has 0 aliphatic rings. The smallest absolute Gasteiger partial charge is 0.322 e. The highest BCUT2D eigenvalue weighted by Crippen LogP contribution is 2.26. The maximum absolute atomic E-state index is 11.3. The standard InChI is InChI=1S/C13H16N2O2S/c1-8(14-9(2)13(16)17-3)12-15-10-6-4-5-7-11(10)18-12/h4-9,14H,1-3H3. The number of carbonyl (C=O) groups is 1. The van der Waals surface area contributed by atoms with E-state index >= 15 is 0 Å². The van der Waals surface area contributed by atoms with E-state index in [9.17, 15) is 4.79 Å². The van der Waals surface area contributed by atoms with Gasteiger partial charge in [0.2, 0.25) is 0 Å². The molecular weight excluding hydrogens is 248 g/mol. The number of esters is 1. The van der Waals surface area contributed by atoms with Crippen molar-refractivity contribution in [3.05, 3.63) is 29.3 Å². The second kappa shape index (κ2) is 5.46. The molecule has 0 spiro atoms. The molecule has 2 unspecified atom stereocenters. The lowest BCUT2D eigenvalue weighted by atomic mass is 10.2. The van der Waals surface area contributed by atoms with Crippen LogP contribution in [0.15, 0.2) is 24.3 Å². The number of benzene rings is 1. The number of thiazole rings is 1. The van der Waals surface area contributed by atoms with Crippen molar-refractivity contribution in [3.63, 3.8) is 0 Å². The number of rotatable bonds is 4. The van der Waals surface area contributed by atoms with Gasteiger partial charge in [-0.3, -0.25) is 10.1 Å². The van der Waals surface area contributed by atoms with E-state index in [-0.39, 0.29) is 18.1 Å². The van der Waals surface area contributed by atoms with Crippen molar-refractivity contribution in [3.8, 4) is 0 Å². The van der Waals surface area contributed by atoms with E-state index < -0.39 is 0 Å². The second-order valence-corrected chi connectivity index (χ2v) is 5.22. The molecule has 0 aliphatic heterocycles. The predicted molar refractivity (Wildman–Crippen MR) is 72.6 cm³/mol. The van der Waals surface area contributed by atoms with Gasteiger partial charge in [0.1, 0.15) is 11.0 Å². The number of nitrogens with one attached hydrogen (secondary N) is 1. The van der Waals surface area contributed by atoms with Crippen LogP contribution in [0.4, 0.5) is 0 Å². The minimum atomic E-state index is -0.336. The summed E-state index contributed by atoms with van der Waals surface area (Å²) < 4.78 is 5.85. The number of hydrogen-bond acceptors (Lipinski definition) is 5. The number of carbonyl (C=O) groups excluding carboxylic acids is 1. The predicted octanol–water partition coefficient (Wildman–Crippen LogP) is 2.51. The Hall–Kier alpha value is -1.46. The SMILES string of the molecule is COC(=O)C(C)NC(C)c1nc2ccccc2s1. The fourth-order valence-electron chi connectivity index (χ4n) is 1.77. The molecule has 1 heterocycles. The third kappa shape index (κ3) is 2.68. The average Bonchev–Trinajstić information content (AvgIpc) is 2.81. The quantitative estimate of drug-likeness (QED) is 0.862. The molecule has 96 valence electrons. The van der Waals surface area contributed by atoms with Crippen molar-refractivity contribution in [1.29, 1.82) is 0 Å². The van der Waals surface area contributed by atoms with Gasteiger partial charge in [0, 0.05) is 0 Å². The number of ether oxygens (including phenoxy) is 1. The zero-order valence-electron chi connectivity index (χ0n) is 10.6. The van der Waals surface area contributed by atoms with Crippen molar-refractivity contribution < 1.29 is 9.53 Å². The molecule has 2 aromatic rings. The first-order valence-electron chi connectivity index (χ1n) is 5.81. The molecule has 1 aromatic heterocycles. The van der Waals surface area contributed by atoms with Gasteiger partial charge in [-0.1, -0.05) is 12.1 Å². The Morgan fingerprint density at radius 2 is 2.11 bits per heavy atom. The molecule has 1 aromatic carbocycles. The highest BCUT2D eigenvalue weighted by Gasteiger charge is 2.18. The van der Waals surface area contributed by atoms with Gasteiger partial charge in [0.05, 0.1) is 23.4 Å². The maximum Gasteiger partial charge on any atom is 0.322 e. The van der Waals surface area contributed by atoms with E-state index in [1.807, 2.05) is 31.2 Å². The minimum absolute atomic E-state index is 0.0245. The summed E-state index contributed by atoms with van der Waals surface area (Å²) in [6, 6.07) is 7.70. The zero-order chi connectivity index (χ0) is 13.1. The molecule has 0 saturated carbocycles. The molecule has 0 radical (unpaired) electrons. The molecule has 2 atom stereocenters. The maximum atomic E-state index is 11.3. The molecule has 2 rings (SSSR count). The van der Waals surface area contributed by atoms with Gasteiger partial charge in [-0.25, -0.2) is 4.98 Å². The lowest BCUT2D eigenvalue weighted by Crippen LogP contribution is -2.36. The van der Waals surface area contributed by atoms with E-state index in [4.69, 9.17) is 0 Å². The summed E-state index contributed by atoms with van der Waals surface area (Å²) in [6.45, 7) is 3.78. The lowest BCUT2D eigenvalue weighted by Gasteiger charge is -2.16. The number of methoxy groups -OCH3 is 1. The third-order valence-corrected chi connectivity index (χ3v) is 3.95. The van der Waals surface area contributed by atoms with Gasteiger partial charge in [-0.05, 0) is 26.0 Å². The Labute approximate surface area is 110 Å². The first-order chi connectivity index (χ1) is 8.61. The fraction of sp³-hybridized carbons (Fsp3) is 0.385. The van der Waals surface area contributed by atoms with Crippen LogP contribution in [-0.2, 0) is 9.53 Å². The van der Waals surface area contributed by atoms with Crippen LogP contribution in [0.5, 0.6) is 0 Å². The van der Waals surface area contributed by atoms with E-state index in [1.165, 1.54) is 7.11 Å². The Balaban J connectivity index is 2.13. The van der Waals surface area contributed by atoms with Gasteiger partial charge in [-0.2, -0.15) is 0 Å². The first-order valence-corrected chi connectivity index (χ1v) is 6.63. The highest BCUT2D eigenvalue weighted by molar-refractivity contribution is 7.18. The van der Waals surface area contributed by atoms with Crippen molar-refractivity contribution in [2.75, 3.05) is 7.11 Å². The highest BCUT2D eigenvalue weighted by atomic mass is 32.1. The number of hydrogen-bond donors (Lipinski definition) is 1. The molecule has 0 amide bonds. The topological polar surface area (TPSA) is 51.2 Å². The van der Waals surface area contributed by atoms with Gasteiger partial charge in [0.15, 0.2) is 0 Å². The van der Waals surface area contributed by atoms with E-state index in [0.29, 0.717) is 0 Å². The van der Waals surface area contributed by atoms with Crippen LogP contribution >= 0.6 is 11.3 Å². The molecular formula is C13H16N2O2S. The van der Waals surface area contributed by atoms with Crippen molar-refractivity contribution >= 4 is 27.5 Å². The Bertz CT molecular complexity index is 520. The number of fused-ring (bicyclic) bond motifs is 1. The molecule has 4 nitrogen and oxygen atoms in total. The van der Waals surface area contributed by atoms with Crippen LogP contribution in [0, 0.1) is 0 Å². The van der Waals surface area contributed by atoms with E-state index in [1.54, 1.807) is 18.3 Å². The Morgan fingerprint density at radius 3 is 2.78 bits per heavy atom. The van der Waals surface area contributed by atoms with E-state index in [0.717, 1.165) is 15.2 Å². The average molecular weight is 264 g/mol. The molecule has 5 heteroatoms. The van der Waals surface area contributed by atoms with Crippen LogP contribution in [0.1, 0.15) is 24.9 Å². The summed E-state index contributed by atoms with van der Waals surface area (Å²) in [4.78, 5) is 15.9. The van der Waals surface area contributed by atoms with Gasteiger partial charge in [0.25, 0.3) is 0 Å². The fourth-order valence-corrected chi connectivity index (χ4v) is 2.75. The summed E-state index contributed by atoms with van der Waals surface area (Å²) >= 11 is 1.64. The minimum Gasteiger partial charge on any atom is -0.468 e. The van der Waals surface area contributed by atoms with Crippen LogP contribution in [0.2, 0.25) is 0 Å². The lowest BCUT2D eigenvalue weighted by molar-refractivity contribution is -0.142. The third-order valence-electron chi connectivity index (χ3n) is 2.74. The van der Waals surface area contributed by atoms with Gasteiger partial charge < -0.3 is 4.74 Å². The van der Waals surface area contributed by atoms with Crippen LogP contribution in [0.3, 0.4) is 0 Å². The van der Waals surface area contributed by atoms with Crippen LogP contribution < -0.4 is 5.32 Å². The van der Waals surface area contributed by atoms with Gasteiger partial charge >= 0.3 is 5.97 Å². The molecule has 0 aliphatic carbocycles. The summed E-state index contributed by atoms with van der Waals surface area (Å²) in [5, 5.41) is 4.16. The number of aromatic nitrogens is 1. The second-order valence-electron chi connectivity index (χ2n) is 4.15. The summed E-state index contributed by atoms with van der Waals surface area (Å²) in [7, 11) is 1.39. The largest absolute Gasteiger partial charge is 0.468 e. The zero-order valence-corrected chi connectivity index (χ0v) is 11.5. The van der Waals surface area contributed by atoms with Crippen molar-refractivity contribution in [2.45, 2.75) is 25.9 Å². The normalized spacial score (nSPS) is 14.4. The number of para-hydroxylation sites is 1. The molecule has 18 heavy (non-hydrogen) atoms.